The van der Waals surface area contributed by atoms with Crippen molar-refractivity contribution in [2.75, 3.05) is 0 Å². The molecule has 0 unspecified atom stereocenters. The van der Waals surface area contributed by atoms with E-state index in [4.69, 9.17) is 0 Å². The van der Waals surface area contributed by atoms with Crippen molar-refractivity contribution in [2.24, 2.45) is 0 Å². The summed E-state index contributed by atoms with van der Waals surface area (Å²) in [6.45, 7) is 2.45. The lowest BCUT2D eigenvalue weighted by Gasteiger charge is -2.13. The van der Waals surface area contributed by atoms with Gasteiger partial charge in [0.05, 0.1) is 12.7 Å². The fraction of sp³-hybridized carbons (Fsp3) is 0.111. The number of rotatable bonds is 4. The van der Waals surface area contributed by atoms with E-state index in [-0.39, 0.29) is 5.69 Å². The van der Waals surface area contributed by atoms with E-state index in [0.717, 1.165) is 22.3 Å². The van der Waals surface area contributed by atoms with Crippen LogP contribution < -0.4 is 0 Å². The Labute approximate surface area is 139 Å². The average Bonchev–Trinajstić information content (AvgIpc) is 2.91. The normalized spacial score (nSPS) is 10.7. The SMILES string of the molecule is Cc1ccc(Cn2c(C(=O)O)cnc2S)c(-c2ccccc2)c1. The Morgan fingerprint density at radius 3 is 2.65 bits per heavy atom. The number of aromatic carboxylic acids is 1. The van der Waals surface area contributed by atoms with E-state index < -0.39 is 5.97 Å². The van der Waals surface area contributed by atoms with E-state index in [2.05, 4.69) is 23.7 Å². The molecule has 0 saturated heterocycles. The molecule has 0 aliphatic rings. The van der Waals surface area contributed by atoms with Gasteiger partial charge in [-0.2, -0.15) is 0 Å². The van der Waals surface area contributed by atoms with Crippen LogP contribution in [-0.2, 0) is 6.54 Å². The van der Waals surface area contributed by atoms with Crippen molar-refractivity contribution in [1.82, 2.24) is 9.55 Å². The molecule has 0 aliphatic carbocycles. The highest BCUT2D eigenvalue weighted by atomic mass is 32.1. The summed E-state index contributed by atoms with van der Waals surface area (Å²) in [6.07, 6.45) is 1.33. The highest BCUT2D eigenvalue weighted by Gasteiger charge is 2.15. The molecule has 0 fully saturated rings. The number of carboxylic acids is 1. The van der Waals surface area contributed by atoms with Crippen LogP contribution in [0.1, 0.15) is 21.6 Å². The van der Waals surface area contributed by atoms with E-state index in [0.29, 0.717) is 11.7 Å². The van der Waals surface area contributed by atoms with Gasteiger partial charge in [0.2, 0.25) is 0 Å². The molecule has 0 bridgehead atoms. The zero-order valence-corrected chi connectivity index (χ0v) is 13.5. The average molecular weight is 324 g/mol. The summed E-state index contributed by atoms with van der Waals surface area (Å²) in [5, 5.41) is 9.68. The molecule has 4 nitrogen and oxygen atoms in total. The van der Waals surface area contributed by atoms with Gasteiger partial charge in [0.1, 0.15) is 5.69 Å². The summed E-state index contributed by atoms with van der Waals surface area (Å²) in [6, 6.07) is 16.2. The van der Waals surface area contributed by atoms with Crippen molar-refractivity contribution >= 4 is 18.6 Å². The molecule has 5 heteroatoms. The molecule has 1 aromatic heterocycles. The Bertz CT molecular complexity index is 857. The lowest BCUT2D eigenvalue weighted by atomic mass is 9.97. The Hall–Kier alpha value is -2.53. The van der Waals surface area contributed by atoms with Gasteiger partial charge in [0.15, 0.2) is 5.16 Å². The highest BCUT2D eigenvalue weighted by molar-refractivity contribution is 7.80. The van der Waals surface area contributed by atoms with Gasteiger partial charge >= 0.3 is 5.97 Å². The van der Waals surface area contributed by atoms with Crippen molar-refractivity contribution in [3.63, 3.8) is 0 Å². The standard InChI is InChI=1S/C18H16N2O2S/c1-12-7-8-14(15(9-12)13-5-3-2-4-6-13)11-20-16(17(21)22)10-19-18(20)23/h2-10H,11H2,1H3,(H,19,23)(H,21,22). The summed E-state index contributed by atoms with van der Waals surface area (Å²) in [5.41, 5.74) is 4.50. The van der Waals surface area contributed by atoms with Gasteiger partial charge in [-0.05, 0) is 23.6 Å². The van der Waals surface area contributed by atoms with Gasteiger partial charge in [-0.1, -0.05) is 54.1 Å². The van der Waals surface area contributed by atoms with Crippen LogP contribution in [0.3, 0.4) is 0 Å². The van der Waals surface area contributed by atoms with E-state index in [1.165, 1.54) is 6.20 Å². The second kappa shape index (κ2) is 6.30. The number of aromatic nitrogens is 2. The number of thiol groups is 1. The van der Waals surface area contributed by atoms with Crippen LogP contribution in [0.2, 0.25) is 0 Å². The molecule has 0 aliphatic heterocycles. The zero-order chi connectivity index (χ0) is 16.4. The van der Waals surface area contributed by atoms with Gasteiger partial charge in [-0.25, -0.2) is 9.78 Å². The smallest absolute Gasteiger partial charge is 0.354 e. The molecule has 3 aromatic rings. The summed E-state index contributed by atoms with van der Waals surface area (Å²) in [4.78, 5) is 15.3. The van der Waals surface area contributed by atoms with Gasteiger partial charge in [0.25, 0.3) is 0 Å². The van der Waals surface area contributed by atoms with Gasteiger partial charge < -0.3 is 9.67 Å². The molecule has 0 radical (unpaired) electrons. The molecular weight excluding hydrogens is 308 g/mol. The minimum absolute atomic E-state index is 0.134. The van der Waals surface area contributed by atoms with Crippen LogP contribution in [0.4, 0.5) is 0 Å². The minimum Gasteiger partial charge on any atom is -0.477 e. The van der Waals surface area contributed by atoms with Crippen molar-refractivity contribution < 1.29 is 9.90 Å². The van der Waals surface area contributed by atoms with Crippen LogP contribution in [0.5, 0.6) is 0 Å². The summed E-state index contributed by atoms with van der Waals surface area (Å²) < 4.78 is 1.60. The summed E-state index contributed by atoms with van der Waals surface area (Å²) >= 11 is 4.27. The van der Waals surface area contributed by atoms with Crippen molar-refractivity contribution in [3.05, 3.63) is 71.5 Å². The predicted molar refractivity (Wildman–Crippen MR) is 92.2 cm³/mol. The summed E-state index contributed by atoms with van der Waals surface area (Å²) in [5.74, 6) is -1.01. The van der Waals surface area contributed by atoms with Crippen molar-refractivity contribution in [1.29, 1.82) is 0 Å². The third-order valence-electron chi connectivity index (χ3n) is 3.73. The van der Waals surface area contributed by atoms with E-state index >= 15 is 0 Å². The third-order valence-corrected chi connectivity index (χ3v) is 4.09. The van der Waals surface area contributed by atoms with Crippen LogP contribution in [0, 0.1) is 6.92 Å². The van der Waals surface area contributed by atoms with Crippen LogP contribution >= 0.6 is 12.6 Å². The first-order valence-electron chi connectivity index (χ1n) is 7.19. The number of hydrogen-bond acceptors (Lipinski definition) is 3. The van der Waals surface area contributed by atoms with E-state index in [1.807, 2.05) is 49.4 Å². The number of hydrogen-bond donors (Lipinski definition) is 2. The van der Waals surface area contributed by atoms with Crippen LogP contribution in [0.15, 0.2) is 59.9 Å². The topological polar surface area (TPSA) is 55.1 Å². The molecule has 23 heavy (non-hydrogen) atoms. The van der Waals surface area contributed by atoms with Crippen molar-refractivity contribution in [3.8, 4) is 11.1 Å². The summed E-state index contributed by atoms with van der Waals surface area (Å²) in [7, 11) is 0. The molecular formula is C18H16N2O2S. The molecule has 116 valence electrons. The lowest BCUT2D eigenvalue weighted by Crippen LogP contribution is -2.10. The Balaban J connectivity index is 2.08. The quantitative estimate of drug-likeness (QED) is 0.716. The predicted octanol–water partition coefficient (Wildman–Crippen LogP) is 3.89. The minimum atomic E-state index is -1.01. The maximum atomic E-state index is 11.3. The number of benzene rings is 2. The van der Waals surface area contributed by atoms with Crippen molar-refractivity contribution in [2.45, 2.75) is 18.6 Å². The molecule has 0 saturated carbocycles. The molecule has 0 spiro atoms. The Morgan fingerprint density at radius 1 is 1.22 bits per heavy atom. The fourth-order valence-electron chi connectivity index (χ4n) is 2.58. The van der Waals surface area contributed by atoms with Gasteiger partial charge in [-0.15, -0.1) is 12.6 Å². The molecule has 1 N–H and O–H groups in total. The molecule has 1 heterocycles. The second-order valence-electron chi connectivity index (χ2n) is 5.36. The maximum absolute atomic E-state index is 11.3. The van der Waals surface area contributed by atoms with Crippen LogP contribution in [0.25, 0.3) is 11.1 Å². The fourth-order valence-corrected chi connectivity index (χ4v) is 2.81. The first kappa shape index (κ1) is 15.4. The third kappa shape index (κ3) is 3.14. The number of carboxylic acid groups (broad SMARTS) is 1. The number of nitrogens with zero attached hydrogens (tertiary/aromatic N) is 2. The maximum Gasteiger partial charge on any atom is 0.354 e. The number of aryl methyl sites for hydroxylation is 1. The first-order chi connectivity index (χ1) is 11.1. The molecule has 0 amide bonds. The van der Waals surface area contributed by atoms with Crippen LogP contribution in [-0.4, -0.2) is 20.6 Å². The van der Waals surface area contributed by atoms with E-state index in [9.17, 15) is 9.90 Å². The first-order valence-corrected chi connectivity index (χ1v) is 7.63. The van der Waals surface area contributed by atoms with Gasteiger partial charge in [-0.3, -0.25) is 0 Å². The Kier molecular flexibility index (Phi) is 4.21. The largest absolute Gasteiger partial charge is 0.477 e. The molecule has 3 rings (SSSR count). The molecule has 0 atom stereocenters. The second-order valence-corrected chi connectivity index (χ2v) is 5.76. The number of carbonyl (C=O) groups is 1. The molecule has 2 aromatic carbocycles. The monoisotopic (exact) mass is 324 g/mol. The number of imidazole rings is 1. The van der Waals surface area contributed by atoms with Gasteiger partial charge in [0, 0.05) is 0 Å². The lowest BCUT2D eigenvalue weighted by molar-refractivity contribution is 0.0684. The Morgan fingerprint density at radius 2 is 1.96 bits per heavy atom. The van der Waals surface area contributed by atoms with E-state index in [1.54, 1.807) is 4.57 Å². The highest BCUT2D eigenvalue weighted by Crippen LogP contribution is 2.26. The zero-order valence-electron chi connectivity index (χ0n) is 12.6.